The van der Waals surface area contributed by atoms with Crippen molar-refractivity contribution in [2.75, 3.05) is 0 Å². The summed E-state index contributed by atoms with van der Waals surface area (Å²) in [7, 11) is 0. The lowest BCUT2D eigenvalue weighted by Crippen LogP contribution is -1.93. The number of aromatic nitrogens is 2. The molecule has 7 heteroatoms. The molecule has 6 nitrogen and oxygen atoms in total. The Bertz CT molecular complexity index is 887. The molecule has 0 spiro atoms. The molecule has 0 unspecified atom stereocenters. The average molecular weight is 315 g/mol. The summed E-state index contributed by atoms with van der Waals surface area (Å²) in [5, 5.41) is 18.7. The number of fused-ring (bicyclic) bond motifs is 1. The van der Waals surface area contributed by atoms with E-state index in [1.165, 1.54) is 6.20 Å². The number of amides is 1. The maximum Gasteiger partial charge on any atom is 0.296 e. The predicted molar refractivity (Wildman–Crippen MR) is 82.8 cm³/mol. The molecule has 3 aromatic rings. The Balaban J connectivity index is 2.01. The standard InChI is InChI=1S/C15H11ClN4O2/c1-8-11(16)5-4-10-12(8)18-15(22)13(10)19-20-14(21)9-3-2-6-17-7-9/h2-7,18,22H,1H3. The Hall–Kier alpha value is -2.73. The normalized spacial score (nSPS) is 11.4. The lowest BCUT2D eigenvalue weighted by molar-refractivity contribution is 0.0994. The summed E-state index contributed by atoms with van der Waals surface area (Å²) < 4.78 is 0. The van der Waals surface area contributed by atoms with Crippen molar-refractivity contribution in [2.45, 2.75) is 6.92 Å². The maximum atomic E-state index is 11.9. The summed E-state index contributed by atoms with van der Waals surface area (Å²) in [5.41, 5.74) is 1.97. The van der Waals surface area contributed by atoms with Crippen LogP contribution in [-0.2, 0) is 0 Å². The van der Waals surface area contributed by atoms with E-state index in [2.05, 4.69) is 20.2 Å². The minimum Gasteiger partial charge on any atom is -0.493 e. The third kappa shape index (κ3) is 2.44. The lowest BCUT2D eigenvalue weighted by atomic mass is 10.1. The first-order valence-corrected chi connectivity index (χ1v) is 6.81. The number of nitrogens with one attached hydrogen (secondary N) is 1. The fourth-order valence-electron chi connectivity index (χ4n) is 2.09. The van der Waals surface area contributed by atoms with Gasteiger partial charge in [-0.05, 0) is 36.8 Å². The van der Waals surface area contributed by atoms with E-state index in [4.69, 9.17) is 11.6 Å². The summed E-state index contributed by atoms with van der Waals surface area (Å²) in [5.74, 6) is -0.698. The molecular formula is C15H11ClN4O2. The van der Waals surface area contributed by atoms with Gasteiger partial charge in [0.05, 0.1) is 11.1 Å². The molecule has 0 saturated heterocycles. The number of azo groups is 1. The Morgan fingerprint density at radius 3 is 2.91 bits per heavy atom. The number of aromatic hydroxyl groups is 1. The summed E-state index contributed by atoms with van der Waals surface area (Å²) in [6.45, 7) is 1.82. The van der Waals surface area contributed by atoms with Gasteiger partial charge >= 0.3 is 0 Å². The number of rotatable bonds is 2. The second-order valence-corrected chi connectivity index (χ2v) is 5.07. The van der Waals surface area contributed by atoms with E-state index in [9.17, 15) is 9.90 Å². The van der Waals surface area contributed by atoms with Crippen LogP contribution in [0.4, 0.5) is 5.69 Å². The van der Waals surface area contributed by atoms with E-state index in [-0.39, 0.29) is 11.6 Å². The van der Waals surface area contributed by atoms with E-state index in [0.29, 0.717) is 21.5 Å². The summed E-state index contributed by atoms with van der Waals surface area (Å²) in [4.78, 5) is 18.5. The molecule has 0 aliphatic carbocycles. The molecule has 0 saturated carbocycles. The summed E-state index contributed by atoms with van der Waals surface area (Å²) in [6, 6.07) is 6.64. The first-order chi connectivity index (χ1) is 10.6. The van der Waals surface area contributed by atoms with Crippen LogP contribution >= 0.6 is 11.6 Å². The minimum absolute atomic E-state index is 0.164. The molecule has 2 heterocycles. The van der Waals surface area contributed by atoms with Crippen molar-refractivity contribution < 1.29 is 9.90 Å². The third-order valence-corrected chi connectivity index (χ3v) is 3.68. The van der Waals surface area contributed by atoms with Crippen LogP contribution < -0.4 is 0 Å². The largest absolute Gasteiger partial charge is 0.493 e. The van der Waals surface area contributed by atoms with E-state index >= 15 is 0 Å². The molecule has 0 bridgehead atoms. The van der Waals surface area contributed by atoms with Gasteiger partial charge in [-0.25, -0.2) is 0 Å². The SMILES string of the molecule is Cc1c(Cl)ccc2c(N=NC(=O)c3cccnc3)c(O)[nH]c12. The first-order valence-electron chi connectivity index (χ1n) is 6.44. The average Bonchev–Trinajstić information content (AvgIpc) is 2.86. The van der Waals surface area contributed by atoms with Crippen LogP contribution in [0.1, 0.15) is 15.9 Å². The van der Waals surface area contributed by atoms with Gasteiger partial charge in [0.2, 0.25) is 5.88 Å². The van der Waals surface area contributed by atoms with Crippen LogP contribution in [0.5, 0.6) is 5.88 Å². The number of nitrogens with zero attached hydrogens (tertiary/aromatic N) is 3. The molecule has 0 aliphatic rings. The number of aryl methyl sites for hydroxylation is 1. The van der Waals surface area contributed by atoms with Gasteiger partial charge in [-0.15, -0.1) is 10.2 Å². The minimum atomic E-state index is -0.535. The van der Waals surface area contributed by atoms with Gasteiger partial charge in [0, 0.05) is 22.8 Å². The highest BCUT2D eigenvalue weighted by atomic mass is 35.5. The maximum absolute atomic E-state index is 11.9. The van der Waals surface area contributed by atoms with Crippen molar-refractivity contribution >= 4 is 34.1 Å². The second-order valence-electron chi connectivity index (χ2n) is 4.66. The summed E-state index contributed by atoms with van der Waals surface area (Å²) >= 11 is 6.04. The van der Waals surface area contributed by atoms with Crippen molar-refractivity contribution in [2.24, 2.45) is 10.2 Å². The number of aromatic amines is 1. The fraction of sp³-hybridized carbons (Fsp3) is 0.0667. The Morgan fingerprint density at radius 2 is 2.18 bits per heavy atom. The van der Waals surface area contributed by atoms with Gasteiger partial charge in [0.1, 0.15) is 0 Å². The molecule has 0 fully saturated rings. The van der Waals surface area contributed by atoms with Crippen LogP contribution in [0.25, 0.3) is 10.9 Å². The van der Waals surface area contributed by atoms with Crippen molar-refractivity contribution in [3.8, 4) is 5.88 Å². The first kappa shape index (κ1) is 14.2. The molecule has 1 aromatic carbocycles. The lowest BCUT2D eigenvalue weighted by Gasteiger charge is -1.98. The number of halogens is 1. The number of hydrogen-bond donors (Lipinski definition) is 2. The van der Waals surface area contributed by atoms with Crippen LogP contribution in [-0.4, -0.2) is 21.0 Å². The molecular weight excluding hydrogens is 304 g/mol. The zero-order valence-corrected chi connectivity index (χ0v) is 12.3. The van der Waals surface area contributed by atoms with Gasteiger partial charge in [0.25, 0.3) is 5.91 Å². The fourth-order valence-corrected chi connectivity index (χ4v) is 2.25. The van der Waals surface area contributed by atoms with Crippen LogP contribution in [0, 0.1) is 6.92 Å². The number of carbonyl (C=O) groups is 1. The Kier molecular flexibility index (Phi) is 3.60. The number of pyridine rings is 1. The molecule has 110 valence electrons. The van der Waals surface area contributed by atoms with Crippen molar-refractivity contribution in [3.63, 3.8) is 0 Å². The molecule has 0 aliphatic heterocycles. The molecule has 2 aromatic heterocycles. The highest BCUT2D eigenvalue weighted by Gasteiger charge is 2.14. The number of H-pyrrole nitrogens is 1. The van der Waals surface area contributed by atoms with E-state index < -0.39 is 5.91 Å². The number of carbonyl (C=O) groups excluding carboxylic acids is 1. The quantitative estimate of drug-likeness (QED) is 0.696. The number of hydrogen-bond acceptors (Lipinski definition) is 4. The van der Waals surface area contributed by atoms with Crippen molar-refractivity contribution in [1.29, 1.82) is 0 Å². The zero-order chi connectivity index (χ0) is 15.7. The third-order valence-electron chi connectivity index (χ3n) is 3.27. The smallest absolute Gasteiger partial charge is 0.296 e. The van der Waals surface area contributed by atoms with Gasteiger partial charge in [0.15, 0.2) is 5.69 Å². The number of benzene rings is 1. The van der Waals surface area contributed by atoms with E-state index in [1.54, 1.807) is 30.5 Å². The molecule has 0 atom stereocenters. The molecule has 22 heavy (non-hydrogen) atoms. The van der Waals surface area contributed by atoms with E-state index in [1.807, 2.05) is 6.92 Å². The monoisotopic (exact) mass is 314 g/mol. The molecule has 0 radical (unpaired) electrons. The highest BCUT2D eigenvalue weighted by molar-refractivity contribution is 6.32. The van der Waals surface area contributed by atoms with Crippen molar-refractivity contribution in [1.82, 2.24) is 9.97 Å². The zero-order valence-electron chi connectivity index (χ0n) is 11.5. The van der Waals surface area contributed by atoms with Crippen LogP contribution in [0.15, 0.2) is 46.9 Å². The molecule has 3 rings (SSSR count). The van der Waals surface area contributed by atoms with Gasteiger partial charge in [-0.2, -0.15) is 0 Å². The second kappa shape index (κ2) is 5.57. The predicted octanol–water partition coefficient (Wildman–Crippen LogP) is 4.15. The van der Waals surface area contributed by atoms with Crippen LogP contribution in [0.2, 0.25) is 5.02 Å². The van der Waals surface area contributed by atoms with Crippen LogP contribution in [0.3, 0.4) is 0 Å². The topological polar surface area (TPSA) is 90.7 Å². The van der Waals surface area contributed by atoms with Gasteiger partial charge in [-0.3, -0.25) is 9.78 Å². The molecule has 1 amide bonds. The Morgan fingerprint density at radius 1 is 1.36 bits per heavy atom. The Labute approximate surface area is 130 Å². The van der Waals surface area contributed by atoms with E-state index in [0.717, 1.165) is 5.56 Å². The summed E-state index contributed by atoms with van der Waals surface area (Å²) in [6.07, 6.45) is 2.96. The van der Waals surface area contributed by atoms with Gasteiger partial charge in [-0.1, -0.05) is 11.6 Å². The highest BCUT2D eigenvalue weighted by Crippen LogP contribution is 2.38. The van der Waals surface area contributed by atoms with Crippen molar-refractivity contribution in [3.05, 3.63) is 52.8 Å². The van der Waals surface area contributed by atoms with Gasteiger partial charge < -0.3 is 10.1 Å². The molecule has 2 N–H and O–H groups in total.